The minimum absolute atomic E-state index is 0.339. The average Bonchev–Trinajstić information content (AvgIpc) is 2.20. The molecule has 0 aliphatic carbocycles. The molecule has 9 aromatic rings. The first-order chi connectivity index (χ1) is 44.0. The number of rotatable bonds is 3. The van der Waals surface area contributed by atoms with Gasteiger partial charge in [-0.1, -0.05) is 260 Å². The van der Waals surface area contributed by atoms with E-state index in [4.69, 9.17) is 8.94 Å². The van der Waals surface area contributed by atoms with Crippen LogP contribution in [-0.2, 0) is 0 Å². The molecule has 0 aliphatic rings. The Morgan fingerprint density at radius 2 is 0.925 bits per heavy atom. The van der Waals surface area contributed by atoms with E-state index in [0.717, 1.165) is 46.3 Å². The summed E-state index contributed by atoms with van der Waals surface area (Å²) in [6.45, 7) is 80.9. The van der Waals surface area contributed by atoms with Gasteiger partial charge in [-0.2, -0.15) is 14.5 Å². The zero-order valence-electron chi connectivity index (χ0n) is 66.7. The Morgan fingerprint density at radius 3 is 1.05 bits per heavy atom. The zero-order chi connectivity index (χ0) is 75.2. The van der Waals surface area contributed by atoms with Gasteiger partial charge in [0, 0.05) is 47.8 Å². The van der Waals surface area contributed by atoms with E-state index in [1.54, 1.807) is 67.2 Å². The second kappa shape index (κ2) is 102. The second-order valence-corrected chi connectivity index (χ2v) is 23.8. The molecule has 93 heavy (non-hydrogen) atoms. The number of nitrogens with one attached hydrogen (secondary N) is 1. The highest BCUT2D eigenvalue weighted by atomic mass is 32.1. The lowest BCUT2D eigenvalue weighted by molar-refractivity contribution is 0.362. The molecule has 0 aromatic carbocycles. The number of nitrogens with zero attached hydrogens (tertiary/aromatic N) is 12. The topological polar surface area (TPSA) is 236 Å². The maximum Gasteiger partial charge on any atom is 0.229 e. The van der Waals surface area contributed by atoms with Crippen molar-refractivity contribution in [2.45, 2.75) is 288 Å². The lowest BCUT2D eigenvalue weighted by atomic mass is 10.2. The number of hydrogen-bond acceptors (Lipinski definition) is 20. The van der Waals surface area contributed by atoms with Gasteiger partial charge in [0.15, 0.2) is 12.2 Å². The summed E-state index contributed by atoms with van der Waals surface area (Å²) in [6.07, 6.45) is 17.3. The van der Waals surface area contributed by atoms with E-state index in [1.165, 1.54) is 54.6 Å². The summed E-state index contributed by atoms with van der Waals surface area (Å²) in [7, 11) is 0. The lowest BCUT2D eigenvalue weighted by Gasteiger charge is -1.92. The van der Waals surface area contributed by atoms with Crippen molar-refractivity contribution in [2.24, 2.45) is 35.5 Å². The summed E-state index contributed by atoms with van der Waals surface area (Å²) in [4.78, 5) is 19.1. The van der Waals surface area contributed by atoms with Crippen LogP contribution in [-0.4, -0.2) is 64.4 Å². The van der Waals surface area contributed by atoms with Gasteiger partial charge in [0.2, 0.25) is 17.7 Å². The van der Waals surface area contributed by atoms with Gasteiger partial charge in [-0.05, 0) is 96.7 Å². The fourth-order valence-electron chi connectivity index (χ4n) is 2.74. The molecule has 0 spiro atoms. The van der Waals surface area contributed by atoms with E-state index in [0.29, 0.717) is 41.3 Å². The molecule has 0 unspecified atom stereocenters. The molecule has 21 heteroatoms. The van der Waals surface area contributed by atoms with Gasteiger partial charge in [-0.25, -0.2) is 19.3 Å². The molecule has 9 rings (SSSR count). The third-order valence-electron chi connectivity index (χ3n) is 5.26. The molecule has 0 saturated heterocycles. The highest BCUT2D eigenvalue weighted by molar-refractivity contribution is 7.07. The molecular formula is C72H145N13O5S3. The summed E-state index contributed by atoms with van der Waals surface area (Å²) in [5.41, 5.74) is 1.79. The monoisotopic (exact) mass is 1370 g/mol. The van der Waals surface area contributed by atoms with Crippen LogP contribution >= 0.6 is 34.4 Å². The molecular weight excluding hydrogens is 1220 g/mol. The highest BCUT2D eigenvalue weighted by Crippen LogP contribution is 2.15. The van der Waals surface area contributed by atoms with Crippen LogP contribution in [0.4, 0.5) is 0 Å². The van der Waals surface area contributed by atoms with E-state index in [-0.39, 0.29) is 0 Å². The number of aryl methyl sites for hydroxylation is 3. The van der Waals surface area contributed by atoms with Gasteiger partial charge in [0.25, 0.3) is 0 Å². The SMILES string of the molecule is CC.CC.CC.CC.CC.CC.CC(C)C.CC(C)C.CC(C)C.CC(C)C.CC(C)C.CC(C)C.Cc1nnc(C(C)C)o1.Cc1noc(C(C)C)n1.Cc1nsc(C(C)C)n1.c1ccoc1.c1cnoc1.c1cnsc1.c1cocn1.c1cscn1.c1nc[nH]n1. The lowest BCUT2D eigenvalue weighted by Crippen LogP contribution is -1.85. The molecule has 546 valence electrons. The van der Waals surface area contributed by atoms with Crippen molar-refractivity contribution >= 4 is 34.4 Å². The van der Waals surface area contributed by atoms with Gasteiger partial charge < -0.3 is 22.3 Å². The minimum Gasteiger partial charge on any atom is -0.473 e. The van der Waals surface area contributed by atoms with Crippen LogP contribution in [0.15, 0.2) is 132 Å². The number of oxazole rings is 1. The number of aromatic nitrogens is 13. The van der Waals surface area contributed by atoms with Gasteiger partial charge in [0.05, 0.1) is 30.4 Å². The Bertz CT molecular complexity index is 1820. The molecule has 9 aromatic heterocycles. The highest BCUT2D eigenvalue weighted by Gasteiger charge is 2.06. The van der Waals surface area contributed by atoms with Gasteiger partial charge in [0.1, 0.15) is 36.0 Å². The first-order valence-corrected chi connectivity index (χ1v) is 36.0. The van der Waals surface area contributed by atoms with Gasteiger partial charge >= 0.3 is 0 Å². The van der Waals surface area contributed by atoms with Crippen molar-refractivity contribution in [2.75, 3.05) is 0 Å². The normalized spacial score (nSPS) is 8.39. The van der Waals surface area contributed by atoms with Gasteiger partial charge in [-0.3, -0.25) is 10.1 Å². The van der Waals surface area contributed by atoms with E-state index in [1.807, 2.05) is 154 Å². The number of H-pyrrole nitrogens is 1. The first kappa shape index (κ1) is 114. The molecule has 0 bridgehead atoms. The fourth-order valence-corrected chi connectivity index (χ4v) is 4.09. The number of hydrogen-bond donors (Lipinski definition) is 1. The number of furan rings is 1. The molecule has 0 radical (unpaired) electrons. The molecule has 9 heterocycles. The first-order valence-electron chi connectivity index (χ1n) is 33.5. The van der Waals surface area contributed by atoms with Crippen molar-refractivity contribution in [3.63, 3.8) is 0 Å². The molecule has 0 saturated carbocycles. The Kier molecular flexibility index (Phi) is 125. The predicted molar refractivity (Wildman–Crippen MR) is 408 cm³/mol. The molecule has 1 N–H and O–H groups in total. The van der Waals surface area contributed by atoms with E-state index in [9.17, 15) is 0 Å². The summed E-state index contributed by atoms with van der Waals surface area (Å²) in [5.74, 6) is 9.87. The van der Waals surface area contributed by atoms with Crippen LogP contribution in [0.3, 0.4) is 0 Å². The van der Waals surface area contributed by atoms with Crippen molar-refractivity contribution in [1.82, 2.24) is 64.4 Å². The van der Waals surface area contributed by atoms with Crippen LogP contribution in [0.2, 0.25) is 0 Å². The number of aromatic amines is 1. The maximum absolute atomic E-state index is 5.12. The van der Waals surface area contributed by atoms with E-state index >= 15 is 0 Å². The Morgan fingerprint density at radius 1 is 0.441 bits per heavy atom. The quantitative estimate of drug-likeness (QED) is 0.173. The Hall–Kier alpha value is -6.06. The fraction of sp³-hybridized carbons (Fsp3) is 0.667. The van der Waals surface area contributed by atoms with Crippen LogP contribution < -0.4 is 0 Å². The van der Waals surface area contributed by atoms with Crippen molar-refractivity contribution in [3.05, 3.63) is 144 Å². The second-order valence-electron chi connectivity index (χ2n) is 21.5. The Labute approximate surface area is 584 Å². The third-order valence-corrected chi connectivity index (χ3v) is 7.41. The molecule has 0 amide bonds. The standard InChI is InChI=1S/2C6H10N2O.C6H10N2S.C4H4O.6C4H10.2C3H3NO.2C3H3NS.C2H3N3.6C2H6/c1-4(2)6-8-7-5(3)9-6;2*1-4(2)6-7-5(3)8-9-6;1-2-4-5-3-1;6*1-4(2)3;1-2-5-3-4-1;1-2-4-5-3-1;1-2-5-3-4-1;1-2-4-5-3-1;1-3-2-5-4-1;6*1-2/h3*4H,1-3H3;1-4H;6*4H,1-3H3;4*1-3H;1-2H,(H,3,4,5);6*1-2H3. The van der Waals surface area contributed by atoms with E-state index in [2.05, 4.69) is 216 Å². The van der Waals surface area contributed by atoms with Crippen molar-refractivity contribution in [3.8, 4) is 0 Å². The van der Waals surface area contributed by atoms with Crippen LogP contribution in [0, 0.1) is 56.3 Å². The predicted octanol–water partition coefficient (Wildman–Crippen LogP) is 25.8. The number of thiazole rings is 1. The summed E-state index contributed by atoms with van der Waals surface area (Å²) < 4.78 is 31.2. The van der Waals surface area contributed by atoms with Crippen LogP contribution in [0.25, 0.3) is 0 Å². The van der Waals surface area contributed by atoms with Gasteiger partial charge in [-0.15, -0.1) is 21.5 Å². The molecule has 0 atom stereocenters. The van der Waals surface area contributed by atoms with Crippen molar-refractivity contribution < 1.29 is 22.3 Å². The molecule has 0 aliphatic heterocycles. The van der Waals surface area contributed by atoms with Crippen LogP contribution in [0.5, 0.6) is 0 Å². The summed E-state index contributed by atoms with van der Waals surface area (Å²) in [5, 5.41) is 25.5. The summed E-state index contributed by atoms with van der Waals surface area (Å²) in [6, 6.07) is 7.30. The zero-order valence-corrected chi connectivity index (χ0v) is 69.2. The third kappa shape index (κ3) is 153. The minimum atomic E-state index is 0.339. The summed E-state index contributed by atoms with van der Waals surface area (Å²) >= 11 is 4.56. The average molecular weight is 1370 g/mol. The Balaban J connectivity index is -0.0000000754. The maximum atomic E-state index is 5.12. The van der Waals surface area contributed by atoms with Crippen molar-refractivity contribution in [1.29, 1.82) is 0 Å². The molecule has 0 fully saturated rings. The van der Waals surface area contributed by atoms with Crippen LogP contribution in [0.1, 0.15) is 301 Å². The van der Waals surface area contributed by atoms with E-state index < -0.39 is 0 Å². The molecule has 18 nitrogen and oxygen atoms in total. The largest absolute Gasteiger partial charge is 0.473 e. The smallest absolute Gasteiger partial charge is 0.229 e.